The zero-order chi connectivity index (χ0) is 14.2. The third-order valence-corrected chi connectivity index (χ3v) is 2.00. The van der Waals surface area contributed by atoms with Crippen LogP contribution in [0.2, 0.25) is 0 Å². The fraction of sp³-hybridized carbons (Fsp3) is 0.923. The Bertz CT molecular complexity index is 198. The van der Waals surface area contributed by atoms with E-state index in [2.05, 4.69) is 6.92 Å². The summed E-state index contributed by atoms with van der Waals surface area (Å²) in [4.78, 5) is 10.4. The van der Waals surface area contributed by atoms with Gasteiger partial charge in [-0.05, 0) is 6.42 Å². The second kappa shape index (κ2) is 15.4. The van der Waals surface area contributed by atoms with Crippen LogP contribution in [0.25, 0.3) is 0 Å². The number of carbonyl (C=O) groups excluding carboxylic acids is 1. The molecule has 0 amide bonds. The Labute approximate surface area is 115 Å². The van der Waals surface area contributed by atoms with Gasteiger partial charge in [-0.25, -0.2) is 0 Å². The minimum atomic E-state index is -0.292. The zero-order valence-corrected chi connectivity index (χ0v) is 12.0. The number of rotatable bonds is 14. The highest BCUT2D eigenvalue weighted by atomic mass is 16.6. The van der Waals surface area contributed by atoms with E-state index < -0.39 is 0 Å². The normalized spacial score (nSPS) is 10.6. The molecule has 0 aromatic heterocycles. The highest BCUT2D eigenvalue weighted by Crippen LogP contribution is 1.84. The molecule has 0 aliphatic carbocycles. The average molecular weight is 278 g/mol. The maximum absolute atomic E-state index is 10.4. The number of esters is 1. The molecular formula is C13H26O6. The van der Waals surface area contributed by atoms with Crippen molar-refractivity contribution in [1.29, 1.82) is 0 Å². The summed E-state index contributed by atoms with van der Waals surface area (Å²) in [5.41, 5.74) is 0. The second-order valence-electron chi connectivity index (χ2n) is 3.79. The Kier molecular flexibility index (Phi) is 14.8. The molecule has 0 radical (unpaired) electrons. The molecule has 0 unspecified atom stereocenters. The highest BCUT2D eigenvalue weighted by molar-refractivity contribution is 5.65. The maximum atomic E-state index is 10.4. The number of ether oxygens (including phenoxy) is 5. The van der Waals surface area contributed by atoms with Crippen molar-refractivity contribution >= 4 is 5.97 Å². The Hall–Kier alpha value is -0.690. The summed E-state index contributed by atoms with van der Waals surface area (Å²) in [6.45, 7) is 8.24. The van der Waals surface area contributed by atoms with Crippen molar-refractivity contribution in [1.82, 2.24) is 0 Å². The van der Waals surface area contributed by atoms with Gasteiger partial charge in [0.2, 0.25) is 0 Å². The molecule has 0 heterocycles. The van der Waals surface area contributed by atoms with E-state index >= 15 is 0 Å². The molecule has 0 rings (SSSR count). The first kappa shape index (κ1) is 18.3. The summed E-state index contributed by atoms with van der Waals surface area (Å²) in [5.74, 6) is -0.292. The van der Waals surface area contributed by atoms with Gasteiger partial charge in [-0.1, -0.05) is 6.92 Å². The van der Waals surface area contributed by atoms with Crippen LogP contribution in [0, 0.1) is 0 Å². The molecule has 0 atom stereocenters. The van der Waals surface area contributed by atoms with Gasteiger partial charge in [0.05, 0.1) is 46.2 Å². The molecule has 114 valence electrons. The van der Waals surface area contributed by atoms with Crippen molar-refractivity contribution < 1.29 is 28.5 Å². The van der Waals surface area contributed by atoms with E-state index in [-0.39, 0.29) is 12.6 Å². The van der Waals surface area contributed by atoms with Crippen molar-refractivity contribution in [3.8, 4) is 0 Å². The first-order valence-corrected chi connectivity index (χ1v) is 6.71. The largest absolute Gasteiger partial charge is 0.463 e. The number of hydrogen-bond donors (Lipinski definition) is 0. The second-order valence-corrected chi connectivity index (χ2v) is 3.79. The third kappa shape index (κ3) is 17.3. The minimum Gasteiger partial charge on any atom is -0.463 e. The lowest BCUT2D eigenvalue weighted by molar-refractivity contribution is -0.142. The average Bonchev–Trinajstić information content (AvgIpc) is 2.39. The quantitative estimate of drug-likeness (QED) is 0.349. The molecule has 0 aromatic rings. The lowest BCUT2D eigenvalue weighted by Crippen LogP contribution is -2.13. The number of carbonyl (C=O) groups is 1. The van der Waals surface area contributed by atoms with Crippen LogP contribution in [0.5, 0.6) is 0 Å². The Morgan fingerprint density at radius 2 is 1.05 bits per heavy atom. The van der Waals surface area contributed by atoms with Gasteiger partial charge < -0.3 is 23.7 Å². The molecular weight excluding hydrogens is 252 g/mol. The van der Waals surface area contributed by atoms with Gasteiger partial charge in [0, 0.05) is 13.5 Å². The molecule has 6 nitrogen and oxygen atoms in total. The molecule has 0 aromatic carbocycles. The van der Waals surface area contributed by atoms with E-state index in [0.717, 1.165) is 13.0 Å². The van der Waals surface area contributed by atoms with E-state index in [1.54, 1.807) is 0 Å². The summed E-state index contributed by atoms with van der Waals surface area (Å²) in [6, 6.07) is 0. The standard InChI is InChI=1S/C13H26O6/c1-3-4-15-5-6-16-7-8-17-9-10-18-11-12-19-13(2)14/h3-12H2,1-2H3. The van der Waals surface area contributed by atoms with Crippen LogP contribution in [-0.4, -0.2) is 65.4 Å². The van der Waals surface area contributed by atoms with Crippen LogP contribution in [0.3, 0.4) is 0 Å². The van der Waals surface area contributed by atoms with Gasteiger partial charge in [0.1, 0.15) is 6.61 Å². The fourth-order valence-electron chi connectivity index (χ4n) is 1.15. The number of hydrogen-bond acceptors (Lipinski definition) is 6. The van der Waals surface area contributed by atoms with Crippen molar-refractivity contribution in [3.05, 3.63) is 0 Å². The van der Waals surface area contributed by atoms with E-state index in [4.69, 9.17) is 23.7 Å². The molecule has 0 N–H and O–H groups in total. The van der Waals surface area contributed by atoms with Crippen molar-refractivity contribution in [2.75, 3.05) is 59.5 Å². The SMILES string of the molecule is CCCOCCOCCOCCOCCOC(C)=O. The zero-order valence-electron chi connectivity index (χ0n) is 12.0. The topological polar surface area (TPSA) is 63.2 Å². The molecule has 19 heavy (non-hydrogen) atoms. The van der Waals surface area contributed by atoms with Crippen LogP contribution in [0.4, 0.5) is 0 Å². The van der Waals surface area contributed by atoms with E-state index in [9.17, 15) is 4.79 Å². The monoisotopic (exact) mass is 278 g/mol. The van der Waals surface area contributed by atoms with E-state index in [1.165, 1.54) is 6.92 Å². The molecule has 0 spiro atoms. The molecule has 0 fully saturated rings. The van der Waals surface area contributed by atoms with Crippen molar-refractivity contribution in [2.45, 2.75) is 20.3 Å². The first-order valence-electron chi connectivity index (χ1n) is 6.71. The predicted molar refractivity (Wildman–Crippen MR) is 70.2 cm³/mol. The molecule has 0 aliphatic heterocycles. The maximum Gasteiger partial charge on any atom is 0.302 e. The van der Waals surface area contributed by atoms with Gasteiger partial charge in [-0.3, -0.25) is 4.79 Å². The van der Waals surface area contributed by atoms with E-state index in [0.29, 0.717) is 46.2 Å². The Balaban J connectivity index is 2.93. The van der Waals surface area contributed by atoms with Gasteiger partial charge >= 0.3 is 5.97 Å². The summed E-state index contributed by atoms with van der Waals surface area (Å²) < 4.78 is 25.8. The van der Waals surface area contributed by atoms with Crippen LogP contribution < -0.4 is 0 Å². The third-order valence-electron chi connectivity index (χ3n) is 2.00. The molecule has 0 saturated carbocycles. The Morgan fingerprint density at radius 1 is 0.684 bits per heavy atom. The van der Waals surface area contributed by atoms with Crippen molar-refractivity contribution in [3.63, 3.8) is 0 Å². The van der Waals surface area contributed by atoms with Crippen molar-refractivity contribution in [2.24, 2.45) is 0 Å². The van der Waals surface area contributed by atoms with Gasteiger partial charge in [-0.2, -0.15) is 0 Å². The highest BCUT2D eigenvalue weighted by Gasteiger charge is 1.94. The molecule has 6 heteroatoms. The van der Waals surface area contributed by atoms with E-state index in [1.807, 2.05) is 0 Å². The van der Waals surface area contributed by atoms with Crippen LogP contribution in [0.15, 0.2) is 0 Å². The summed E-state index contributed by atoms with van der Waals surface area (Å²) in [5, 5.41) is 0. The van der Waals surface area contributed by atoms with Gasteiger partial charge in [0.25, 0.3) is 0 Å². The summed E-state index contributed by atoms with van der Waals surface area (Å²) >= 11 is 0. The molecule has 0 aliphatic rings. The predicted octanol–water partition coefficient (Wildman–Crippen LogP) is 1.03. The van der Waals surface area contributed by atoms with Gasteiger partial charge in [0.15, 0.2) is 0 Å². The van der Waals surface area contributed by atoms with Crippen LogP contribution >= 0.6 is 0 Å². The lowest BCUT2D eigenvalue weighted by Gasteiger charge is -2.07. The minimum absolute atomic E-state index is 0.288. The lowest BCUT2D eigenvalue weighted by atomic mass is 10.5. The van der Waals surface area contributed by atoms with Gasteiger partial charge in [-0.15, -0.1) is 0 Å². The summed E-state index contributed by atoms with van der Waals surface area (Å²) in [7, 11) is 0. The smallest absolute Gasteiger partial charge is 0.302 e. The summed E-state index contributed by atoms with van der Waals surface area (Å²) in [6.07, 6.45) is 1.03. The fourth-order valence-corrected chi connectivity index (χ4v) is 1.15. The van der Waals surface area contributed by atoms with Crippen LogP contribution in [0.1, 0.15) is 20.3 Å². The van der Waals surface area contributed by atoms with Crippen LogP contribution in [-0.2, 0) is 28.5 Å². The first-order chi connectivity index (χ1) is 9.27. The Morgan fingerprint density at radius 3 is 1.42 bits per heavy atom. The molecule has 0 bridgehead atoms. The molecule has 0 saturated heterocycles.